The highest BCUT2D eigenvalue weighted by molar-refractivity contribution is 6.23. The Morgan fingerprint density at radius 3 is 2.50 bits per heavy atom. The van der Waals surface area contributed by atoms with Crippen LogP contribution in [0.1, 0.15) is 72.1 Å². The van der Waals surface area contributed by atoms with Gasteiger partial charge in [-0.3, -0.25) is 0 Å². The van der Waals surface area contributed by atoms with Gasteiger partial charge in [-0.15, -0.1) is 11.6 Å². The van der Waals surface area contributed by atoms with Crippen molar-refractivity contribution in [2.24, 2.45) is 5.92 Å². The molecule has 0 amide bonds. The number of halogens is 1. The zero-order valence-corrected chi connectivity index (χ0v) is 14.2. The summed E-state index contributed by atoms with van der Waals surface area (Å²) >= 11 is 6.74. The lowest BCUT2D eigenvalue weighted by Gasteiger charge is -2.32. The second-order valence-electron chi connectivity index (χ2n) is 6.33. The molecule has 1 heterocycles. The van der Waals surface area contributed by atoms with Gasteiger partial charge in [0.1, 0.15) is 6.10 Å². The molecule has 0 N–H and O–H groups in total. The summed E-state index contributed by atoms with van der Waals surface area (Å²) in [6.45, 7) is 6.70. The number of alkyl halides is 1. The highest BCUT2D eigenvalue weighted by Gasteiger charge is 2.31. The van der Waals surface area contributed by atoms with Crippen molar-refractivity contribution < 1.29 is 4.74 Å². The smallest absolute Gasteiger partial charge is 0.118 e. The van der Waals surface area contributed by atoms with Gasteiger partial charge >= 0.3 is 0 Å². The van der Waals surface area contributed by atoms with Crippen LogP contribution in [0.3, 0.4) is 0 Å². The van der Waals surface area contributed by atoms with Gasteiger partial charge < -0.3 is 4.74 Å². The SMILES string of the molecule is CCCCCCCCC(C)C(C)(Cl)CC1C=CC=CO1. The van der Waals surface area contributed by atoms with Gasteiger partial charge in [0.05, 0.1) is 6.26 Å². The number of hydrogen-bond donors (Lipinski definition) is 0. The summed E-state index contributed by atoms with van der Waals surface area (Å²) in [7, 11) is 0. The van der Waals surface area contributed by atoms with Crippen LogP contribution in [0.4, 0.5) is 0 Å². The fraction of sp³-hybridized carbons (Fsp3) is 0.778. The van der Waals surface area contributed by atoms with E-state index in [1.807, 2.05) is 12.2 Å². The van der Waals surface area contributed by atoms with Gasteiger partial charge in [0.2, 0.25) is 0 Å². The van der Waals surface area contributed by atoms with Crippen LogP contribution in [0.15, 0.2) is 24.5 Å². The molecule has 0 spiro atoms. The zero-order chi connectivity index (χ0) is 14.8. The molecule has 1 rings (SSSR count). The number of unbranched alkanes of at least 4 members (excludes halogenated alkanes) is 5. The monoisotopic (exact) mass is 298 g/mol. The van der Waals surface area contributed by atoms with Crippen LogP contribution in [0, 0.1) is 5.92 Å². The number of ether oxygens (including phenoxy) is 1. The first kappa shape index (κ1) is 17.6. The van der Waals surface area contributed by atoms with Crippen molar-refractivity contribution >= 4 is 11.6 Å². The molecular weight excluding hydrogens is 268 g/mol. The van der Waals surface area contributed by atoms with Gasteiger partial charge in [0.25, 0.3) is 0 Å². The lowest BCUT2D eigenvalue weighted by molar-refractivity contribution is 0.149. The standard InChI is InChI=1S/C18H31ClO/c1-4-5-6-7-8-9-12-16(2)18(3,19)15-17-13-10-11-14-20-17/h10-11,13-14,16-17H,4-9,12,15H2,1-3H3. The van der Waals surface area contributed by atoms with E-state index in [9.17, 15) is 0 Å². The van der Waals surface area contributed by atoms with Gasteiger partial charge in [0.15, 0.2) is 0 Å². The molecule has 116 valence electrons. The summed E-state index contributed by atoms with van der Waals surface area (Å²) in [6, 6.07) is 0. The van der Waals surface area contributed by atoms with Crippen LogP contribution in [0.5, 0.6) is 0 Å². The van der Waals surface area contributed by atoms with Crippen molar-refractivity contribution in [3.63, 3.8) is 0 Å². The van der Waals surface area contributed by atoms with Gasteiger partial charge in [-0.2, -0.15) is 0 Å². The molecule has 1 nitrogen and oxygen atoms in total. The Kier molecular flexibility index (Phi) is 8.37. The number of hydrogen-bond acceptors (Lipinski definition) is 1. The summed E-state index contributed by atoms with van der Waals surface area (Å²) in [5, 5.41) is 0. The molecule has 0 radical (unpaired) electrons. The van der Waals surface area contributed by atoms with E-state index in [1.165, 1.54) is 44.9 Å². The maximum absolute atomic E-state index is 6.74. The van der Waals surface area contributed by atoms with E-state index in [1.54, 1.807) is 6.26 Å². The predicted molar refractivity (Wildman–Crippen MR) is 89.2 cm³/mol. The van der Waals surface area contributed by atoms with Gasteiger partial charge in [-0.25, -0.2) is 0 Å². The molecule has 3 unspecified atom stereocenters. The summed E-state index contributed by atoms with van der Waals surface area (Å²) in [4.78, 5) is -0.177. The minimum atomic E-state index is -0.177. The molecule has 1 aliphatic heterocycles. The number of rotatable bonds is 10. The van der Waals surface area contributed by atoms with Crippen molar-refractivity contribution in [3.05, 3.63) is 24.5 Å². The lowest BCUT2D eigenvalue weighted by atomic mass is 9.85. The third-order valence-corrected chi connectivity index (χ3v) is 4.91. The fourth-order valence-corrected chi connectivity index (χ4v) is 2.93. The molecule has 0 aromatic rings. The van der Waals surface area contributed by atoms with E-state index in [-0.39, 0.29) is 11.0 Å². The van der Waals surface area contributed by atoms with E-state index in [0.717, 1.165) is 6.42 Å². The third-order valence-electron chi connectivity index (χ3n) is 4.39. The first-order valence-corrected chi connectivity index (χ1v) is 8.61. The average molecular weight is 299 g/mol. The van der Waals surface area contributed by atoms with E-state index < -0.39 is 0 Å². The van der Waals surface area contributed by atoms with Crippen LogP contribution >= 0.6 is 11.6 Å². The molecule has 0 fully saturated rings. The van der Waals surface area contributed by atoms with E-state index in [0.29, 0.717) is 5.92 Å². The van der Waals surface area contributed by atoms with Crippen molar-refractivity contribution in [1.82, 2.24) is 0 Å². The molecule has 0 aromatic heterocycles. The molecule has 0 saturated carbocycles. The molecule has 0 aliphatic carbocycles. The Morgan fingerprint density at radius 1 is 1.15 bits per heavy atom. The molecule has 1 aliphatic rings. The molecule has 0 saturated heterocycles. The maximum Gasteiger partial charge on any atom is 0.118 e. The van der Waals surface area contributed by atoms with E-state index in [2.05, 4.69) is 26.8 Å². The topological polar surface area (TPSA) is 9.23 Å². The minimum Gasteiger partial charge on any atom is -0.494 e. The molecular formula is C18H31ClO. The van der Waals surface area contributed by atoms with Crippen LogP contribution in [-0.4, -0.2) is 11.0 Å². The number of allylic oxidation sites excluding steroid dienone is 2. The Bertz CT molecular complexity index is 307. The highest BCUT2D eigenvalue weighted by Crippen LogP contribution is 2.35. The Hall–Kier alpha value is -0.430. The van der Waals surface area contributed by atoms with Crippen molar-refractivity contribution in [3.8, 4) is 0 Å². The molecule has 2 heteroatoms. The summed E-state index contributed by atoms with van der Waals surface area (Å²) in [6.07, 6.45) is 18.2. The summed E-state index contributed by atoms with van der Waals surface area (Å²) in [5.41, 5.74) is 0. The predicted octanol–water partition coefficient (Wildman–Crippen LogP) is 6.23. The van der Waals surface area contributed by atoms with Crippen molar-refractivity contribution in [1.29, 1.82) is 0 Å². The van der Waals surface area contributed by atoms with Gasteiger partial charge in [0, 0.05) is 11.3 Å². The highest BCUT2D eigenvalue weighted by atomic mass is 35.5. The van der Waals surface area contributed by atoms with Crippen molar-refractivity contribution in [2.75, 3.05) is 0 Å². The summed E-state index contributed by atoms with van der Waals surface area (Å²) < 4.78 is 5.58. The maximum atomic E-state index is 6.74. The van der Waals surface area contributed by atoms with Crippen LogP contribution in [0.2, 0.25) is 0 Å². The Balaban J connectivity index is 2.20. The van der Waals surface area contributed by atoms with Crippen LogP contribution < -0.4 is 0 Å². The summed E-state index contributed by atoms with van der Waals surface area (Å²) in [5.74, 6) is 0.526. The zero-order valence-electron chi connectivity index (χ0n) is 13.4. The van der Waals surface area contributed by atoms with E-state index in [4.69, 9.17) is 16.3 Å². The molecule has 0 aromatic carbocycles. The average Bonchev–Trinajstić information content (AvgIpc) is 2.43. The first-order valence-electron chi connectivity index (χ1n) is 8.24. The largest absolute Gasteiger partial charge is 0.494 e. The molecule has 20 heavy (non-hydrogen) atoms. The van der Waals surface area contributed by atoms with Gasteiger partial charge in [-0.05, 0) is 31.4 Å². The second-order valence-corrected chi connectivity index (χ2v) is 7.19. The fourth-order valence-electron chi connectivity index (χ4n) is 2.67. The minimum absolute atomic E-state index is 0.134. The molecule has 0 bridgehead atoms. The normalized spacial score (nSPS) is 22.3. The third kappa shape index (κ3) is 6.83. The van der Waals surface area contributed by atoms with E-state index >= 15 is 0 Å². The Morgan fingerprint density at radius 2 is 1.85 bits per heavy atom. The van der Waals surface area contributed by atoms with Crippen LogP contribution in [0.25, 0.3) is 0 Å². The van der Waals surface area contributed by atoms with Crippen molar-refractivity contribution in [2.45, 2.75) is 83.1 Å². The first-order chi connectivity index (χ1) is 9.56. The second kappa shape index (κ2) is 9.50. The quantitative estimate of drug-likeness (QED) is 0.343. The lowest BCUT2D eigenvalue weighted by Crippen LogP contribution is -2.31. The van der Waals surface area contributed by atoms with Crippen LogP contribution in [-0.2, 0) is 4.74 Å². The molecule has 3 atom stereocenters. The van der Waals surface area contributed by atoms with Gasteiger partial charge in [-0.1, -0.05) is 58.4 Å². The Labute approximate surface area is 130 Å².